The SMILES string of the molecule is OC[C@H]1O[C@@H](O[C@@H]2[C@H](OCCn3cc(CO[C@@H]4O[C@H](CO)[C@@H](O)[C@H](O)[C@@H]4O[C@@H]4O[C@H](CO)[C@@H](O)[C@H](O)[C@@H]4O)nn3)O[C@H](CO)[C@@H](O)[C@@H]2O)[C@@H](O)[C@@H](O)[C@@H]1O. The Morgan fingerprint density at radius 1 is 0.500 bits per heavy atom. The molecule has 0 spiro atoms. The number of nitrogens with zero attached hydrogens (tertiary/aromatic N) is 3. The zero-order valence-electron chi connectivity index (χ0n) is 28.4. The number of aliphatic hydroxyl groups excluding tert-OH is 14. The highest BCUT2D eigenvalue weighted by atomic mass is 16.8. The summed E-state index contributed by atoms with van der Waals surface area (Å²) >= 11 is 0. The Balaban J connectivity index is 1.19. The van der Waals surface area contributed by atoms with Crippen molar-refractivity contribution in [1.82, 2.24) is 15.0 Å². The maximum absolute atomic E-state index is 10.8. The van der Waals surface area contributed by atoms with E-state index in [-0.39, 0.29) is 25.5 Å². The van der Waals surface area contributed by atoms with E-state index in [0.29, 0.717) is 0 Å². The van der Waals surface area contributed by atoms with E-state index < -0.39 is 149 Å². The first-order valence-corrected chi connectivity index (χ1v) is 17.0. The van der Waals surface area contributed by atoms with Crippen LogP contribution in [0, 0.1) is 0 Å². The molecule has 4 aliphatic heterocycles. The van der Waals surface area contributed by atoms with Gasteiger partial charge in [-0.25, -0.2) is 4.68 Å². The van der Waals surface area contributed by atoms with Crippen molar-refractivity contribution in [2.75, 3.05) is 33.0 Å². The van der Waals surface area contributed by atoms with Gasteiger partial charge in [-0.1, -0.05) is 5.21 Å². The Morgan fingerprint density at radius 2 is 0.889 bits per heavy atom. The molecule has 0 aromatic carbocycles. The number of hydrogen-bond donors (Lipinski definition) is 14. The van der Waals surface area contributed by atoms with Crippen LogP contribution >= 0.6 is 0 Å². The van der Waals surface area contributed by atoms with Gasteiger partial charge in [0.1, 0.15) is 103 Å². The van der Waals surface area contributed by atoms with E-state index in [1.54, 1.807) is 0 Å². The third-order valence-corrected chi connectivity index (χ3v) is 9.51. The quantitative estimate of drug-likeness (QED) is 0.0784. The second kappa shape index (κ2) is 19.1. The van der Waals surface area contributed by atoms with E-state index in [4.69, 9.17) is 37.9 Å². The average molecular weight is 792 g/mol. The summed E-state index contributed by atoms with van der Waals surface area (Å²) in [6.07, 6.45) is -31.3. The normalized spacial score (nSPS) is 46.1. The topological polar surface area (TPSA) is 388 Å². The first kappa shape index (κ1) is 43.4. The number of ether oxygens (including phenoxy) is 8. The molecule has 25 heteroatoms. The molecule has 4 aliphatic rings. The molecule has 1 aromatic heterocycles. The van der Waals surface area contributed by atoms with Gasteiger partial charge in [0.25, 0.3) is 0 Å². The lowest BCUT2D eigenvalue weighted by Crippen LogP contribution is -2.64. The summed E-state index contributed by atoms with van der Waals surface area (Å²) in [6, 6.07) is 0. The average Bonchev–Trinajstić information content (AvgIpc) is 3.63. The minimum absolute atomic E-state index is 0.0394. The van der Waals surface area contributed by atoms with Gasteiger partial charge in [-0.05, 0) is 0 Å². The van der Waals surface area contributed by atoms with Gasteiger partial charge in [-0.15, -0.1) is 5.10 Å². The van der Waals surface area contributed by atoms with Crippen LogP contribution in [0.5, 0.6) is 0 Å². The van der Waals surface area contributed by atoms with Gasteiger partial charge in [0.15, 0.2) is 25.2 Å². The molecule has 54 heavy (non-hydrogen) atoms. The molecule has 14 N–H and O–H groups in total. The van der Waals surface area contributed by atoms with Crippen LogP contribution < -0.4 is 0 Å². The van der Waals surface area contributed by atoms with Crippen LogP contribution in [-0.2, 0) is 51.0 Å². The van der Waals surface area contributed by atoms with Crippen molar-refractivity contribution in [1.29, 1.82) is 0 Å². The highest BCUT2D eigenvalue weighted by molar-refractivity contribution is 4.96. The largest absolute Gasteiger partial charge is 0.394 e. The summed E-state index contributed by atoms with van der Waals surface area (Å²) in [7, 11) is 0. The predicted octanol–water partition coefficient (Wildman–Crippen LogP) is -9.94. The third-order valence-electron chi connectivity index (χ3n) is 9.51. The van der Waals surface area contributed by atoms with Gasteiger partial charge in [0, 0.05) is 0 Å². The lowest BCUT2D eigenvalue weighted by molar-refractivity contribution is -0.368. The summed E-state index contributed by atoms with van der Waals surface area (Å²) < 4.78 is 45.8. The fraction of sp³-hybridized carbons (Fsp3) is 0.931. The van der Waals surface area contributed by atoms with Crippen LogP contribution in [0.15, 0.2) is 6.20 Å². The van der Waals surface area contributed by atoms with Gasteiger partial charge in [-0.2, -0.15) is 0 Å². The maximum Gasteiger partial charge on any atom is 0.187 e. The minimum Gasteiger partial charge on any atom is -0.394 e. The monoisotopic (exact) mass is 791 g/mol. The van der Waals surface area contributed by atoms with Crippen LogP contribution in [-0.4, -0.2) is 242 Å². The van der Waals surface area contributed by atoms with Crippen molar-refractivity contribution < 1.29 is 109 Å². The highest BCUT2D eigenvalue weighted by Gasteiger charge is 2.52. The lowest BCUT2D eigenvalue weighted by Gasteiger charge is -2.45. The second-order valence-corrected chi connectivity index (χ2v) is 13.2. The zero-order valence-corrected chi connectivity index (χ0v) is 28.4. The van der Waals surface area contributed by atoms with Crippen LogP contribution in [0.1, 0.15) is 5.69 Å². The molecule has 1 aromatic rings. The number of aromatic nitrogens is 3. The smallest absolute Gasteiger partial charge is 0.187 e. The zero-order chi connectivity index (χ0) is 39.4. The fourth-order valence-corrected chi connectivity index (χ4v) is 6.28. The molecule has 0 unspecified atom stereocenters. The van der Waals surface area contributed by atoms with Crippen LogP contribution in [0.2, 0.25) is 0 Å². The van der Waals surface area contributed by atoms with Crippen molar-refractivity contribution in [2.24, 2.45) is 0 Å². The number of aliphatic hydroxyl groups is 14. The fourth-order valence-electron chi connectivity index (χ4n) is 6.28. The van der Waals surface area contributed by atoms with E-state index in [9.17, 15) is 71.5 Å². The van der Waals surface area contributed by atoms with Crippen molar-refractivity contribution >= 4 is 0 Å². The molecule has 0 amide bonds. The Bertz CT molecular complexity index is 1280. The lowest BCUT2D eigenvalue weighted by atomic mass is 9.97. The van der Waals surface area contributed by atoms with Gasteiger partial charge in [0.05, 0.1) is 52.4 Å². The van der Waals surface area contributed by atoms with Crippen LogP contribution in [0.4, 0.5) is 0 Å². The molecule has 0 aliphatic carbocycles. The van der Waals surface area contributed by atoms with Crippen molar-refractivity contribution in [3.8, 4) is 0 Å². The summed E-state index contributed by atoms with van der Waals surface area (Å²) in [6.45, 7) is -3.63. The first-order valence-electron chi connectivity index (χ1n) is 17.0. The van der Waals surface area contributed by atoms with Gasteiger partial charge >= 0.3 is 0 Å². The molecule has 0 saturated carbocycles. The molecule has 312 valence electrons. The van der Waals surface area contributed by atoms with Gasteiger partial charge < -0.3 is 109 Å². The molecule has 4 fully saturated rings. The first-order chi connectivity index (χ1) is 25.7. The minimum atomic E-state index is -1.86. The van der Waals surface area contributed by atoms with E-state index in [2.05, 4.69) is 10.3 Å². The van der Waals surface area contributed by atoms with Crippen molar-refractivity contribution in [3.05, 3.63) is 11.9 Å². The Hall–Kier alpha value is -1.74. The predicted molar refractivity (Wildman–Crippen MR) is 164 cm³/mol. The molecule has 20 atom stereocenters. The summed E-state index contributed by atoms with van der Waals surface area (Å²) in [5.74, 6) is 0. The van der Waals surface area contributed by atoms with Gasteiger partial charge in [0.2, 0.25) is 0 Å². The molecule has 0 radical (unpaired) electrons. The van der Waals surface area contributed by atoms with Crippen molar-refractivity contribution in [3.63, 3.8) is 0 Å². The number of hydrogen-bond acceptors (Lipinski definition) is 24. The standard InChI is InChI=1S/C29H49N3O22/c33-4-10-14(37)18(41)22(45)26(49-10)53-24-20(43)16(39)12(6-35)51-28(24)47-2-1-32-3-9(30-31-32)8-48-29-25(21(44)17(40)13(7-36)52-29)54-27-23(46)19(42)15(38)11(5-34)50-27/h3,10-29,33-46H,1-2,4-8H2/t10-,11-,12-,13-,14-,15-,16-,17-,18+,19+,20+,21+,22+,23+,24+,25+,26+,27+,28-,29-/m1/s1. The van der Waals surface area contributed by atoms with E-state index in [1.807, 2.05) is 0 Å². The summed E-state index contributed by atoms with van der Waals surface area (Å²) in [4.78, 5) is 0. The van der Waals surface area contributed by atoms with E-state index in [0.717, 1.165) is 0 Å². The van der Waals surface area contributed by atoms with Crippen LogP contribution in [0.3, 0.4) is 0 Å². The molecule has 4 saturated heterocycles. The van der Waals surface area contributed by atoms with Crippen molar-refractivity contribution in [2.45, 2.75) is 136 Å². The Labute approximate surface area is 305 Å². The molecule has 5 heterocycles. The second-order valence-electron chi connectivity index (χ2n) is 13.2. The Kier molecular flexibility index (Phi) is 15.4. The molecule has 25 nitrogen and oxygen atoms in total. The molecule has 0 bridgehead atoms. The van der Waals surface area contributed by atoms with Gasteiger partial charge in [-0.3, -0.25) is 0 Å². The van der Waals surface area contributed by atoms with Crippen LogP contribution in [0.25, 0.3) is 0 Å². The summed E-state index contributed by atoms with van der Waals surface area (Å²) in [5, 5.41) is 150. The number of rotatable bonds is 15. The van der Waals surface area contributed by atoms with E-state index in [1.165, 1.54) is 10.9 Å². The third kappa shape index (κ3) is 9.34. The summed E-state index contributed by atoms with van der Waals surface area (Å²) in [5.41, 5.74) is 0.169. The molecular formula is C29H49N3O22. The highest BCUT2D eigenvalue weighted by Crippen LogP contribution is 2.32. The Morgan fingerprint density at radius 3 is 1.31 bits per heavy atom. The molecule has 5 rings (SSSR count). The maximum atomic E-state index is 10.8. The molecular weight excluding hydrogens is 742 g/mol. The van der Waals surface area contributed by atoms with E-state index >= 15 is 0 Å².